The number of H-pyrrole nitrogens is 1. The maximum absolute atomic E-state index is 6.11. The summed E-state index contributed by atoms with van der Waals surface area (Å²) >= 11 is 0. The number of aromatic amines is 1. The van der Waals surface area contributed by atoms with Gasteiger partial charge in [0.05, 0.1) is 11.0 Å². The highest BCUT2D eigenvalue weighted by molar-refractivity contribution is 5.76. The first-order chi connectivity index (χ1) is 7.38. The van der Waals surface area contributed by atoms with Gasteiger partial charge in [0.25, 0.3) is 0 Å². The fourth-order valence-electron chi connectivity index (χ4n) is 1.78. The van der Waals surface area contributed by atoms with E-state index in [9.17, 15) is 0 Å². The van der Waals surface area contributed by atoms with E-state index < -0.39 is 5.54 Å². The number of fused-ring (bicyclic) bond motifs is 1. The van der Waals surface area contributed by atoms with Crippen molar-refractivity contribution in [2.75, 3.05) is 0 Å². The summed E-state index contributed by atoms with van der Waals surface area (Å²) in [5.74, 6) is 0.910. The number of nitrogens with zero attached hydrogens (tertiary/aromatic N) is 1. The third-order valence-corrected chi connectivity index (χ3v) is 2.79. The van der Waals surface area contributed by atoms with Crippen LogP contribution in [-0.4, -0.2) is 15.5 Å². The molecule has 16 heavy (non-hydrogen) atoms. The SMILES string of the molecule is Cc1nc2ccc(C(N)C(C)(C)N)cc2[nH]1. The molecule has 0 aliphatic heterocycles. The fraction of sp³-hybridized carbons (Fsp3) is 0.417. The zero-order valence-electron chi connectivity index (χ0n) is 9.91. The van der Waals surface area contributed by atoms with Crippen molar-refractivity contribution in [1.82, 2.24) is 9.97 Å². The normalized spacial score (nSPS) is 14.3. The second kappa shape index (κ2) is 3.57. The molecule has 0 aliphatic carbocycles. The molecule has 0 radical (unpaired) electrons. The van der Waals surface area contributed by atoms with E-state index in [1.54, 1.807) is 0 Å². The first kappa shape index (κ1) is 11.1. The number of aryl methyl sites for hydroxylation is 1. The standard InChI is InChI=1S/C12H18N4/c1-7-15-9-5-4-8(6-10(9)16-7)11(13)12(2,3)14/h4-6,11H,13-14H2,1-3H3,(H,15,16). The number of aromatic nitrogens is 2. The van der Waals surface area contributed by atoms with Crippen LogP contribution in [0.15, 0.2) is 18.2 Å². The molecule has 1 unspecified atom stereocenters. The molecule has 0 aliphatic rings. The van der Waals surface area contributed by atoms with E-state index in [-0.39, 0.29) is 6.04 Å². The van der Waals surface area contributed by atoms with Crippen LogP contribution in [0.1, 0.15) is 31.3 Å². The Labute approximate surface area is 95.0 Å². The Hall–Kier alpha value is -1.39. The fourth-order valence-corrected chi connectivity index (χ4v) is 1.78. The van der Waals surface area contributed by atoms with Crippen molar-refractivity contribution in [3.05, 3.63) is 29.6 Å². The number of hydrogen-bond donors (Lipinski definition) is 3. The van der Waals surface area contributed by atoms with Gasteiger partial charge >= 0.3 is 0 Å². The van der Waals surface area contributed by atoms with Crippen molar-refractivity contribution >= 4 is 11.0 Å². The molecule has 0 amide bonds. The summed E-state index contributed by atoms with van der Waals surface area (Å²) in [6.45, 7) is 5.80. The van der Waals surface area contributed by atoms with Gasteiger partial charge in [-0.05, 0) is 38.5 Å². The molecule has 0 fully saturated rings. The van der Waals surface area contributed by atoms with E-state index in [1.807, 2.05) is 39.0 Å². The van der Waals surface area contributed by atoms with Gasteiger partial charge in [-0.3, -0.25) is 0 Å². The Balaban J connectivity index is 2.46. The van der Waals surface area contributed by atoms with Crippen molar-refractivity contribution in [1.29, 1.82) is 0 Å². The molecule has 4 heteroatoms. The van der Waals surface area contributed by atoms with Crippen LogP contribution in [0.3, 0.4) is 0 Å². The highest BCUT2D eigenvalue weighted by Gasteiger charge is 2.23. The number of hydrogen-bond acceptors (Lipinski definition) is 3. The topological polar surface area (TPSA) is 80.7 Å². The zero-order valence-corrected chi connectivity index (χ0v) is 9.91. The summed E-state index contributed by atoms with van der Waals surface area (Å²) in [4.78, 5) is 7.55. The quantitative estimate of drug-likeness (QED) is 0.716. The summed E-state index contributed by atoms with van der Waals surface area (Å²) in [5.41, 5.74) is 14.7. The van der Waals surface area contributed by atoms with Crippen LogP contribution in [0.25, 0.3) is 11.0 Å². The second-order valence-electron chi connectivity index (χ2n) is 4.90. The smallest absolute Gasteiger partial charge is 0.104 e. The molecule has 5 N–H and O–H groups in total. The summed E-state index contributed by atoms with van der Waals surface area (Å²) in [7, 11) is 0. The molecule has 1 aromatic carbocycles. The van der Waals surface area contributed by atoms with Crippen LogP contribution in [0, 0.1) is 6.92 Å². The molecule has 2 aromatic rings. The van der Waals surface area contributed by atoms with E-state index in [4.69, 9.17) is 11.5 Å². The van der Waals surface area contributed by atoms with Crippen LogP contribution in [0.5, 0.6) is 0 Å². The summed E-state index contributed by atoms with van der Waals surface area (Å²) < 4.78 is 0. The molecule has 86 valence electrons. The van der Waals surface area contributed by atoms with Gasteiger partial charge in [-0.2, -0.15) is 0 Å². The van der Waals surface area contributed by atoms with Crippen LogP contribution in [0.2, 0.25) is 0 Å². The Morgan fingerprint density at radius 3 is 2.69 bits per heavy atom. The highest BCUT2D eigenvalue weighted by atomic mass is 14.9. The Kier molecular flexibility index (Phi) is 2.48. The molecule has 0 saturated carbocycles. The number of nitrogens with two attached hydrogens (primary N) is 2. The van der Waals surface area contributed by atoms with Crippen molar-refractivity contribution in [2.24, 2.45) is 11.5 Å². The monoisotopic (exact) mass is 218 g/mol. The first-order valence-electron chi connectivity index (χ1n) is 5.38. The molecule has 0 saturated heterocycles. The van der Waals surface area contributed by atoms with Crippen LogP contribution < -0.4 is 11.5 Å². The highest BCUT2D eigenvalue weighted by Crippen LogP contribution is 2.23. The Morgan fingerprint density at radius 2 is 2.06 bits per heavy atom. The lowest BCUT2D eigenvalue weighted by molar-refractivity contribution is 0.420. The number of nitrogens with one attached hydrogen (secondary N) is 1. The van der Waals surface area contributed by atoms with Gasteiger partial charge in [-0.15, -0.1) is 0 Å². The lowest BCUT2D eigenvalue weighted by Gasteiger charge is -2.27. The lowest BCUT2D eigenvalue weighted by Crippen LogP contribution is -2.43. The molecule has 2 rings (SSSR count). The predicted octanol–water partition coefficient (Wildman–Crippen LogP) is 1.61. The minimum Gasteiger partial charge on any atom is -0.342 e. The van der Waals surface area contributed by atoms with Gasteiger partial charge in [0, 0.05) is 11.6 Å². The van der Waals surface area contributed by atoms with Crippen LogP contribution in [-0.2, 0) is 0 Å². The maximum atomic E-state index is 6.11. The van der Waals surface area contributed by atoms with E-state index in [1.165, 1.54) is 0 Å². The van der Waals surface area contributed by atoms with Crippen LogP contribution >= 0.6 is 0 Å². The molecular weight excluding hydrogens is 200 g/mol. The van der Waals surface area contributed by atoms with Gasteiger partial charge in [0.2, 0.25) is 0 Å². The summed E-state index contributed by atoms with van der Waals surface area (Å²) in [6, 6.07) is 5.80. The third-order valence-electron chi connectivity index (χ3n) is 2.79. The van der Waals surface area contributed by atoms with Crippen molar-refractivity contribution < 1.29 is 0 Å². The van der Waals surface area contributed by atoms with E-state index in [0.717, 1.165) is 22.4 Å². The molecule has 1 atom stereocenters. The number of rotatable bonds is 2. The van der Waals surface area contributed by atoms with Gasteiger partial charge in [0.1, 0.15) is 5.82 Å². The first-order valence-corrected chi connectivity index (χ1v) is 5.38. The molecular formula is C12H18N4. The minimum atomic E-state index is -0.428. The van der Waals surface area contributed by atoms with Crippen LogP contribution in [0.4, 0.5) is 0 Å². The second-order valence-corrected chi connectivity index (χ2v) is 4.90. The van der Waals surface area contributed by atoms with Gasteiger partial charge in [-0.25, -0.2) is 4.98 Å². The average molecular weight is 218 g/mol. The van der Waals surface area contributed by atoms with Crippen molar-refractivity contribution in [3.8, 4) is 0 Å². The van der Waals surface area contributed by atoms with Gasteiger partial charge in [-0.1, -0.05) is 6.07 Å². The zero-order chi connectivity index (χ0) is 11.9. The Bertz CT molecular complexity index is 507. The number of imidazole rings is 1. The largest absolute Gasteiger partial charge is 0.342 e. The summed E-state index contributed by atoms with van der Waals surface area (Å²) in [5, 5.41) is 0. The van der Waals surface area contributed by atoms with E-state index in [0.29, 0.717) is 0 Å². The lowest BCUT2D eigenvalue weighted by atomic mass is 9.90. The van der Waals surface area contributed by atoms with E-state index in [2.05, 4.69) is 9.97 Å². The molecule has 0 bridgehead atoms. The minimum absolute atomic E-state index is 0.180. The molecule has 1 aromatic heterocycles. The average Bonchev–Trinajstić information content (AvgIpc) is 2.54. The van der Waals surface area contributed by atoms with Gasteiger partial charge in [0.15, 0.2) is 0 Å². The predicted molar refractivity (Wildman–Crippen MR) is 66.0 cm³/mol. The molecule has 1 heterocycles. The maximum Gasteiger partial charge on any atom is 0.104 e. The van der Waals surface area contributed by atoms with Gasteiger partial charge < -0.3 is 16.5 Å². The van der Waals surface area contributed by atoms with Crippen molar-refractivity contribution in [2.45, 2.75) is 32.4 Å². The number of benzene rings is 1. The Morgan fingerprint density at radius 1 is 1.38 bits per heavy atom. The molecule has 0 spiro atoms. The molecule has 4 nitrogen and oxygen atoms in total. The third kappa shape index (κ3) is 1.94. The van der Waals surface area contributed by atoms with E-state index >= 15 is 0 Å². The van der Waals surface area contributed by atoms with Crippen molar-refractivity contribution in [3.63, 3.8) is 0 Å². The summed E-state index contributed by atoms with van der Waals surface area (Å²) in [6.07, 6.45) is 0.